The fourth-order valence-corrected chi connectivity index (χ4v) is 2.53. The molecule has 0 unspecified atom stereocenters. The molecule has 2 aliphatic rings. The SMILES string of the molecule is O=C=NC1(c2ccc(OC3CCOCC3)c(F)c2)CC1. The average Bonchev–Trinajstić information content (AvgIpc) is 3.24. The standard InChI is InChI=1S/C15H16FNO3/c16-13-9-11(15(5-6-15)17-10-18)1-2-14(13)20-12-3-7-19-8-4-12/h1-2,9,12H,3-8H2. The van der Waals surface area contributed by atoms with Crippen molar-refractivity contribution in [2.24, 2.45) is 4.99 Å². The number of rotatable bonds is 4. The molecule has 0 spiro atoms. The van der Waals surface area contributed by atoms with E-state index in [1.165, 1.54) is 6.07 Å². The Bertz CT molecular complexity index is 544. The number of nitrogens with zero attached hydrogens (tertiary/aromatic N) is 1. The van der Waals surface area contributed by atoms with Crippen LogP contribution in [0.25, 0.3) is 0 Å². The Morgan fingerprint density at radius 1 is 1.35 bits per heavy atom. The van der Waals surface area contributed by atoms with Crippen molar-refractivity contribution in [1.29, 1.82) is 0 Å². The van der Waals surface area contributed by atoms with E-state index in [-0.39, 0.29) is 11.9 Å². The molecule has 20 heavy (non-hydrogen) atoms. The van der Waals surface area contributed by atoms with Gasteiger partial charge in [0.15, 0.2) is 11.6 Å². The summed E-state index contributed by atoms with van der Waals surface area (Å²) >= 11 is 0. The van der Waals surface area contributed by atoms with Crippen LogP contribution in [0.5, 0.6) is 5.75 Å². The van der Waals surface area contributed by atoms with Gasteiger partial charge in [0.2, 0.25) is 6.08 Å². The second-order valence-electron chi connectivity index (χ2n) is 5.31. The van der Waals surface area contributed by atoms with E-state index in [0.29, 0.717) is 13.2 Å². The first kappa shape index (κ1) is 13.3. The number of benzene rings is 1. The predicted octanol–water partition coefficient (Wildman–Crippen LogP) is 2.71. The summed E-state index contributed by atoms with van der Waals surface area (Å²) in [4.78, 5) is 14.2. The van der Waals surface area contributed by atoms with Gasteiger partial charge < -0.3 is 9.47 Å². The Hall–Kier alpha value is -1.71. The molecule has 1 heterocycles. The van der Waals surface area contributed by atoms with Crippen molar-refractivity contribution in [1.82, 2.24) is 0 Å². The van der Waals surface area contributed by atoms with Crippen molar-refractivity contribution >= 4 is 6.08 Å². The molecule has 0 bridgehead atoms. The van der Waals surface area contributed by atoms with Gasteiger partial charge >= 0.3 is 0 Å². The second kappa shape index (κ2) is 5.35. The second-order valence-corrected chi connectivity index (χ2v) is 5.31. The number of halogens is 1. The quantitative estimate of drug-likeness (QED) is 0.628. The number of hydrogen-bond acceptors (Lipinski definition) is 4. The van der Waals surface area contributed by atoms with E-state index in [4.69, 9.17) is 9.47 Å². The van der Waals surface area contributed by atoms with Crippen molar-refractivity contribution in [3.05, 3.63) is 29.6 Å². The molecular formula is C15H16FNO3. The molecule has 0 aromatic heterocycles. The molecule has 2 fully saturated rings. The average molecular weight is 277 g/mol. The highest BCUT2D eigenvalue weighted by atomic mass is 19.1. The molecule has 1 saturated heterocycles. The summed E-state index contributed by atoms with van der Waals surface area (Å²) in [5.41, 5.74) is 0.178. The van der Waals surface area contributed by atoms with E-state index >= 15 is 0 Å². The normalized spacial score (nSPS) is 21.1. The molecule has 1 aromatic rings. The van der Waals surface area contributed by atoms with Gasteiger partial charge in [0, 0.05) is 12.8 Å². The van der Waals surface area contributed by atoms with E-state index in [2.05, 4.69) is 4.99 Å². The molecule has 1 aliphatic carbocycles. The summed E-state index contributed by atoms with van der Waals surface area (Å²) in [5.74, 6) is -0.145. The molecule has 0 amide bonds. The number of hydrogen-bond donors (Lipinski definition) is 0. The largest absolute Gasteiger partial charge is 0.487 e. The van der Waals surface area contributed by atoms with Crippen LogP contribution < -0.4 is 4.74 Å². The summed E-state index contributed by atoms with van der Waals surface area (Å²) in [6.07, 6.45) is 4.67. The van der Waals surface area contributed by atoms with Gasteiger partial charge in [0.1, 0.15) is 6.10 Å². The molecule has 0 radical (unpaired) electrons. The maximum absolute atomic E-state index is 14.1. The third kappa shape index (κ3) is 2.60. The van der Waals surface area contributed by atoms with Crippen molar-refractivity contribution < 1.29 is 18.7 Å². The monoisotopic (exact) mass is 277 g/mol. The zero-order valence-electron chi connectivity index (χ0n) is 11.1. The summed E-state index contributed by atoms with van der Waals surface area (Å²) in [7, 11) is 0. The number of carbonyl (C=O) groups excluding carboxylic acids is 1. The van der Waals surface area contributed by atoms with Gasteiger partial charge in [0.25, 0.3) is 0 Å². The van der Waals surface area contributed by atoms with Crippen LogP contribution >= 0.6 is 0 Å². The van der Waals surface area contributed by atoms with Gasteiger partial charge in [-0.25, -0.2) is 9.18 Å². The first-order valence-electron chi connectivity index (χ1n) is 6.87. The minimum atomic E-state index is -0.542. The topological polar surface area (TPSA) is 47.9 Å². The number of isocyanates is 1. The number of ether oxygens (including phenoxy) is 2. The van der Waals surface area contributed by atoms with E-state index in [9.17, 15) is 9.18 Å². The first-order chi connectivity index (χ1) is 9.73. The Morgan fingerprint density at radius 2 is 2.10 bits per heavy atom. The lowest BCUT2D eigenvalue weighted by Crippen LogP contribution is -2.26. The van der Waals surface area contributed by atoms with Crippen LogP contribution in [0.3, 0.4) is 0 Å². The van der Waals surface area contributed by atoms with E-state index in [1.807, 2.05) is 0 Å². The lowest BCUT2D eigenvalue weighted by molar-refractivity contribution is 0.0240. The highest BCUT2D eigenvalue weighted by Crippen LogP contribution is 2.49. The molecule has 1 saturated carbocycles. The lowest BCUT2D eigenvalue weighted by Gasteiger charge is -2.23. The molecule has 1 aromatic carbocycles. The van der Waals surface area contributed by atoms with Gasteiger partial charge in [-0.15, -0.1) is 0 Å². The van der Waals surface area contributed by atoms with Crippen LogP contribution in [0.15, 0.2) is 23.2 Å². The van der Waals surface area contributed by atoms with Crippen LogP contribution in [0.1, 0.15) is 31.2 Å². The van der Waals surface area contributed by atoms with Gasteiger partial charge in [-0.2, -0.15) is 4.99 Å². The van der Waals surface area contributed by atoms with Gasteiger partial charge in [-0.05, 0) is 30.5 Å². The zero-order chi connectivity index (χ0) is 14.0. The van der Waals surface area contributed by atoms with Crippen LogP contribution in [0.4, 0.5) is 4.39 Å². The molecule has 5 heteroatoms. The Balaban J connectivity index is 1.76. The molecular weight excluding hydrogens is 261 g/mol. The van der Waals surface area contributed by atoms with Gasteiger partial charge in [-0.1, -0.05) is 6.07 Å². The van der Waals surface area contributed by atoms with Crippen molar-refractivity contribution in [2.75, 3.05) is 13.2 Å². The fourth-order valence-electron chi connectivity index (χ4n) is 2.53. The van der Waals surface area contributed by atoms with Gasteiger partial charge in [0.05, 0.1) is 18.8 Å². The molecule has 0 atom stereocenters. The van der Waals surface area contributed by atoms with Crippen molar-refractivity contribution in [3.8, 4) is 5.75 Å². The third-order valence-electron chi connectivity index (χ3n) is 3.91. The lowest BCUT2D eigenvalue weighted by atomic mass is 10.1. The van der Waals surface area contributed by atoms with Crippen LogP contribution in [-0.4, -0.2) is 25.4 Å². The smallest absolute Gasteiger partial charge is 0.235 e. The maximum Gasteiger partial charge on any atom is 0.235 e. The first-order valence-corrected chi connectivity index (χ1v) is 6.87. The molecule has 3 rings (SSSR count). The Labute approximate surface area is 116 Å². The number of aliphatic imine (C=N–C) groups is 1. The van der Waals surface area contributed by atoms with Crippen LogP contribution in [-0.2, 0) is 15.1 Å². The third-order valence-corrected chi connectivity index (χ3v) is 3.91. The van der Waals surface area contributed by atoms with Crippen LogP contribution in [0, 0.1) is 5.82 Å². The molecule has 4 nitrogen and oxygen atoms in total. The zero-order valence-corrected chi connectivity index (χ0v) is 11.1. The maximum atomic E-state index is 14.1. The summed E-state index contributed by atoms with van der Waals surface area (Å²) in [6, 6.07) is 4.83. The van der Waals surface area contributed by atoms with E-state index in [1.54, 1.807) is 18.2 Å². The fraction of sp³-hybridized carbons (Fsp3) is 0.533. The highest BCUT2D eigenvalue weighted by Gasteiger charge is 2.45. The summed E-state index contributed by atoms with van der Waals surface area (Å²) in [5, 5.41) is 0. The van der Waals surface area contributed by atoms with Crippen molar-refractivity contribution in [3.63, 3.8) is 0 Å². The summed E-state index contributed by atoms with van der Waals surface area (Å²) < 4.78 is 25.0. The highest BCUT2D eigenvalue weighted by molar-refractivity contribution is 5.43. The van der Waals surface area contributed by atoms with Crippen molar-refractivity contribution in [2.45, 2.75) is 37.3 Å². The minimum Gasteiger partial charge on any atom is -0.487 e. The molecule has 106 valence electrons. The van der Waals surface area contributed by atoms with E-state index < -0.39 is 11.4 Å². The van der Waals surface area contributed by atoms with Gasteiger partial charge in [-0.3, -0.25) is 0 Å². The van der Waals surface area contributed by atoms with E-state index in [0.717, 1.165) is 31.2 Å². The molecule has 1 aliphatic heterocycles. The summed E-state index contributed by atoms with van der Waals surface area (Å²) in [6.45, 7) is 1.31. The Morgan fingerprint density at radius 3 is 2.70 bits per heavy atom. The van der Waals surface area contributed by atoms with Crippen LogP contribution in [0.2, 0.25) is 0 Å². The Kier molecular flexibility index (Phi) is 3.55. The molecule has 0 N–H and O–H groups in total. The minimum absolute atomic E-state index is 0.00646. The predicted molar refractivity (Wildman–Crippen MR) is 69.9 cm³/mol.